The number of nitrogens with one attached hydrogen (secondary N) is 2. The second-order valence-corrected chi connectivity index (χ2v) is 16.9. The molecule has 3 heterocycles. The Kier molecular flexibility index (Phi) is 18.1. The van der Waals surface area contributed by atoms with Gasteiger partial charge >= 0.3 is 5.97 Å². The van der Waals surface area contributed by atoms with Crippen molar-refractivity contribution in [2.24, 2.45) is 5.73 Å². The summed E-state index contributed by atoms with van der Waals surface area (Å²) in [5.74, 6) is -6.48. The summed E-state index contributed by atoms with van der Waals surface area (Å²) in [6.07, 6.45) is -25.8. The number of hydrogen-bond donors (Lipinski definition) is 14. The lowest BCUT2D eigenvalue weighted by Gasteiger charge is -2.48. The fourth-order valence-corrected chi connectivity index (χ4v) is 8.39. The number of carbonyl (C=O) groups is 4. The van der Waals surface area contributed by atoms with Crippen molar-refractivity contribution in [3.63, 3.8) is 0 Å². The molecule has 0 bridgehead atoms. The number of carbonyl (C=O) groups excluding carboxylic acids is 3. The highest BCUT2D eigenvalue weighted by Crippen LogP contribution is 2.36. The standard InChI is InChI=1S/C43H61N3O20/c1-4-20(22-7-9-23(10-8-22)38(44)58)13-18(2)21-5-11-24(12-6-21)39(59)46-40-34(56)33(55)36(27(16-48)63-40)65-41-35(57)32(54)31(53)28(64-41)17-62-43(42(60)61)14-25(50)29(45-19(3)49)37(66-43)30(52)26(51)15-47/h5-12,18,20,25-37,40-41,47-48,50-57H,4,13-17H2,1-3H3,(H2,44,58)(H,45,49)(H,46,59)(H,60,61)/t18?,20?,25?,26?,27?,28?,29?,30-,31?,32?,33?,34?,35?,36?,37?,40?,41?,43?/m1/s1. The molecule has 66 heavy (non-hydrogen) atoms. The van der Waals surface area contributed by atoms with E-state index in [9.17, 15) is 75.3 Å². The van der Waals surface area contributed by atoms with E-state index in [-0.39, 0.29) is 17.4 Å². The molecule has 3 amide bonds. The molecule has 2 aromatic carbocycles. The zero-order valence-corrected chi connectivity index (χ0v) is 36.3. The third kappa shape index (κ3) is 11.9. The van der Waals surface area contributed by atoms with Gasteiger partial charge in [-0.25, -0.2) is 4.79 Å². The van der Waals surface area contributed by atoms with Gasteiger partial charge in [-0.3, -0.25) is 14.4 Å². The molecule has 5 rings (SSSR count). The van der Waals surface area contributed by atoms with Crippen molar-refractivity contribution in [2.75, 3.05) is 19.8 Å². The first-order chi connectivity index (χ1) is 31.2. The number of primary amides is 1. The zero-order valence-electron chi connectivity index (χ0n) is 36.3. The molecule has 368 valence electrons. The van der Waals surface area contributed by atoms with Crippen LogP contribution in [0.1, 0.15) is 83.7 Å². The maximum atomic E-state index is 13.3. The second kappa shape index (κ2) is 22.7. The Morgan fingerprint density at radius 3 is 2.02 bits per heavy atom. The maximum absolute atomic E-state index is 13.3. The van der Waals surface area contributed by atoms with Crippen molar-refractivity contribution in [2.45, 2.75) is 149 Å². The van der Waals surface area contributed by atoms with Crippen molar-refractivity contribution in [3.05, 3.63) is 70.8 Å². The van der Waals surface area contributed by atoms with E-state index in [0.717, 1.165) is 30.9 Å². The SMILES string of the molecule is CCC(CC(C)c1ccc(C(=O)NC2OC(CO)C(OC3OC(COC4(C(=O)O)CC(O)C(NC(C)=O)C([C@H](O)C(O)CO)O4)C(O)C(O)C3O)C(O)C2O)cc1)c1ccc(C(N)=O)cc1. The summed E-state index contributed by atoms with van der Waals surface area (Å²) in [6, 6.07) is 12.3. The van der Waals surface area contributed by atoms with Crippen LogP contribution in [0.4, 0.5) is 0 Å². The van der Waals surface area contributed by atoms with Crippen LogP contribution < -0.4 is 16.4 Å². The Balaban J connectivity index is 1.22. The van der Waals surface area contributed by atoms with E-state index >= 15 is 0 Å². The normalized spacial score (nSPS) is 34.3. The van der Waals surface area contributed by atoms with Gasteiger partial charge in [-0.2, -0.15) is 0 Å². The largest absolute Gasteiger partial charge is 0.477 e. The van der Waals surface area contributed by atoms with Crippen molar-refractivity contribution >= 4 is 23.7 Å². The number of rotatable bonds is 19. The summed E-state index contributed by atoms with van der Waals surface area (Å²) in [6.45, 7) is 2.23. The highest BCUT2D eigenvalue weighted by Gasteiger charge is 2.57. The monoisotopic (exact) mass is 939 g/mol. The molecule has 3 aliphatic rings. The summed E-state index contributed by atoms with van der Waals surface area (Å²) in [5, 5.41) is 121. The zero-order chi connectivity index (χ0) is 48.8. The number of nitrogens with two attached hydrogens (primary N) is 1. The molecule has 3 fully saturated rings. The van der Waals surface area contributed by atoms with E-state index in [1.165, 1.54) is 0 Å². The first kappa shape index (κ1) is 52.7. The van der Waals surface area contributed by atoms with E-state index in [1.807, 2.05) is 19.1 Å². The number of carboxylic acid groups (broad SMARTS) is 1. The minimum Gasteiger partial charge on any atom is -0.477 e. The Bertz CT molecular complexity index is 1940. The third-order valence-electron chi connectivity index (χ3n) is 12.3. The average Bonchev–Trinajstić information content (AvgIpc) is 3.30. The molecular weight excluding hydrogens is 878 g/mol. The summed E-state index contributed by atoms with van der Waals surface area (Å²) in [5.41, 5.74) is 7.95. The number of aliphatic hydroxyl groups excluding tert-OH is 10. The van der Waals surface area contributed by atoms with Gasteiger partial charge in [0.1, 0.15) is 67.1 Å². The number of aliphatic carboxylic acids is 1. The fraction of sp³-hybridized carbons (Fsp3) is 0.628. The van der Waals surface area contributed by atoms with E-state index in [4.69, 9.17) is 29.4 Å². The molecule has 2 aromatic rings. The average molecular weight is 940 g/mol. The maximum Gasteiger partial charge on any atom is 0.364 e. The summed E-state index contributed by atoms with van der Waals surface area (Å²) in [7, 11) is 0. The van der Waals surface area contributed by atoms with Gasteiger partial charge in [-0.1, -0.05) is 38.1 Å². The molecule has 23 heteroatoms. The third-order valence-corrected chi connectivity index (χ3v) is 12.3. The highest BCUT2D eigenvalue weighted by atomic mass is 16.8. The van der Waals surface area contributed by atoms with Crippen LogP contribution in [0, 0.1) is 0 Å². The molecule has 0 spiro atoms. The van der Waals surface area contributed by atoms with E-state index in [0.29, 0.717) is 5.56 Å². The van der Waals surface area contributed by atoms with E-state index in [2.05, 4.69) is 17.6 Å². The van der Waals surface area contributed by atoms with Gasteiger partial charge < -0.3 is 96.2 Å². The van der Waals surface area contributed by atoms with Crippen LogP contribution >= 0.6 is 0 Å². The van der Waals surface area contributed by atoms with Crippen molar-refractivity contribution < 1.29 is 99.0 Å². The van der Waals surface area contributed by atoms with E-state index < -0.39 is 148 Å². The predicted octanol–water partition coefficient (Wildman–Crippen LogP) is -4.00. The number of carboxylic acids is 1. The van der Waals surface area contributed by atoms with Gasteiger partial charge in [-0.15, -0.1) is 0 Å². The van der Waals surface area contributed by atoms with Crippen molar-refractivity contribution in [1.82, 2.24) is 10.6 Å². The van der Waals surface area contributed by atoms with E-state index in [1.54, 1.807) is 36.4 Å². The van der Waals surface area contributed by atoms with Gasteiger partial charge in [0, 0.05) is 24.5 Å². The summed E-state index contributed by atoms with van der Waals surface area (Å²) in [4.78, 5) is 49.3. The number of hydrogen-bond acceptors (Lipinski definition) is 19. The lowest BCUT2D eigenvalue weighted by molar-refractivity contribution is -0.357. The molecule has 3 saturated heterocycles. The molecule has 0 saturated carbocycles. The molecule has 0 radical (unpaired) electrons. The van der Waals surface area contributed by atoms with Gasteiger partial charge in [0.2, 0.25) is 11.8 Å². The van der Waals surface area contributed by atoms with Crippen LogP contribution in [0.2, 0.25) is 0 Å². The molecule has 0 aliphatic carbocycles. The van der Waals surface area contributed by atoms with Crippen molar-refractivity contribution in [1.29, 1.82) is 0 Å². The lowest BCUT2D eigenvalue weighted by Crippen LogP contribution is -2.68. The predicted molar refractivity (Wildman–Crippen MR) is 223 cm³/mol. The topological polar surface area (TPSA) is 387 Å². The van der Waals surface area contributed by atoms with Crippen LogP contribution in [0.15, 0.2) is 48.5 Å². The second-order valence-electron chi connectivity index (χ2n) is 16.9. The first-order valence-corrected chi connectivity index (χ1v) is 21.4. The molecule has 23 nitrogen and oxygen atoms in total. The minimum atomic E-state index is -2.88. The first-order valence-electron chi connectivity index (χ1n) is 21.4. The van der Waals surface area contributed by atoms with Crippen LogP contribution in [-0.4, -0.2) is 197 Å². The molecule has 3 aliphatic heterocycles. The van der Waals surface area contributed by atoms with Gasteiger partial charge in [0.15, 0.2) is 12.5 Å². The Labute approximate surface area is 378 Å². The molecule has 17 unspecified atom stereocenters. The quantitative estimate of drug-likeness (QED) is 0.0638. The van der Waals surface area contributed by atoms with Gasteiger partial charge in [0.25, 0.3) is 11.7 Å². The highest BCUT2D eigenvalue weighted by molar-refractivity contribution is 5.94. The molecule has 15 N–H and O–H groups in total. The van der Waals surface area contributed by atoms with Crippen LogP contribution in [0.5, 0.6) is 0 Å². The number of aliphatic hydroxyl groups is 10. The smallest absolute Gasteiger partial charge is 0.364 e. The Morgan fingerprint density at radius 2 is 1.45 bits per heavy atom. The Hall–Kier alpha value is -4.28. The van der Waals surface area contributed by atoms with Crippen LogP contribution in [0.25, 0.3) is 0 Å². The minimum absolute atomic E-state index is 0.0654. The summed E-state index contributed by atoms with van der Waals surface area (Å²) >= 11 is 0. The number of ether oxygens (including phenoxy) is 5. The number of amides is 3. The fourth-order valence-electron chi connectivity index (χ4n) is 8.39. The lowest BCUT2D eigenvalue weighted by atomic mass is 9.84. The van der Waals surface area contributed by atoms with Gasteiger partial charge in [-0.05, 0) is 60.1 Å². The van der Waals surface area contributed by atoms with Gasteiger partial charge in [0.05, 0.1) is 32.0 Å². The summed E-state index contributed by atoms with van der Waals surface area (Å²) < 4.78 is 28.1. The molecule has 0 aromatic heterocycles. The Morgan fingerprint density at radius 1 is 0.833 bits per heavy atom. The van der Waals surface area contributed by atoms with Crippen molar-refractivity contribution in [3.8, 4) is 0 Å². The van der Waals surface area contributed by atoms with Crippen LogP contribution in [0.3, 0.4) is 0 Å². The van der Waals surface area contributed by atoms with Crippen LogP contribution in [-0.2, 0) is 33.3 Å². The molecule has 18 atom stereocenters. The number of benzene rings is 2. The molecular formula is C43H61N3O20.